The minimum atomic E-state index is -0.118. The molecule has 1 aliphatic rings. The maximum absolute atomic E-state index is 12.3. The summed E-state index contributed by atoms with van der Waals surface area (Å²) in [6.45, 7) is 3.27. The predicted octanol–water partition coefficient (Wildman–Crippen LogP) is 1.55. The Morgan fingerprint density at radius 3 is 2.67 bits per heavy atom. The number of hydrogen-bond donors (Lipinski definition) is 2. The fraction of sp³-hybridized carbons (Fsp3) is 0.500. The van der Waals surface area contributed by atoms with Crippen molar-refractivity contribution in [1.29, 1.82) is 0 Å². The molecule has 1 fully saturated rings. The van der Waals surface area contributed by atoms with Gasteiger partial charge in [-0.25, -0.2) is 0 Å². The number of phenolic OH excluding ortho intramolecular Hbond substituents is 1. The van der Waals surface area contributed by atoms with Crippen LogP contribution in [0, 0.1) is 12.8 Å². The number of hydrogen-bond acceptors (Lipinski definition) is 3. The monoisotopic (exact) mass is 249 g/mol. The van der Waals surface area contributed by atoms with Gasteiger partial charge in [-0.1, -0.05) is 12.1 Å². The van der Waals surface area contributed by atoms with Gasteiger partial charge in [0.05, 0.1) is 5.56 Å². The SMILES string of the molecule is Cc1cccc(C(=O)N2CCC(CO)CC2)c1O. The summed E-state index contributed by atoms with van der Waals surface area (Å²) in [5.74, 6) is 0.263. The Kier molecular flexibility index (Phi) is 3.87. The first-order valence-electron chi connectivity index (χ1n) is 6.32. The second-order valence-corrected chi connectivity index (χ2v) is 4.89. The number of benzene rings is 1. The standard InChI is InChI=1S/C14H19NO3/c1-10-3-2-4-12(13(10)17)14(18)15-7-5-11(9-16)6-8-15/h2-4,11,16-17H,5-9H2,1H3. The van der Waals surface area contributed by atoms with Gasteiger partial charge >= 0.3 is 0 Å². The van der Waals surface area contributed by atoms with Crippen molar-refractivity contribution in [1.82, 2.24) is 4.90 Å². The number of rotatable bonds is 2. The molecule has 2 rings (SSSR count). The van der Waals surface area contributed by atoms with E-state index in [1.165, 1.54) is 0 Å². The molecule has 4 heteroatoms. The minimum absolute atomic E-state index is 0.0757. The maximum Gasteiger partial charge on any atom is 0.257 e. The van der Waals surface area contributed by atoms with Crippen LogP contribution >= 0.6 is 0 Å². The van der Waals surface area contributed by atoms with Crippen LogP contribution in [-0.2, 0) is 0 Å². The van der Waals surface area contributed by atoms with Gasteiger partial charge in [-0.15, -0.1) is 0 Å². The molecule has 0 spiro atoms. The van der Waals surface area contributed by atoms with Crippen LogP contribution in [0.4, 0.5) is 0 Å². The molecule has 1 amide bonds. The first-order chi connectivity index (χ1) is 8.63. The summed E-state index contributed by atoms with van der Waals surface area (Å²) in [6, 6.07) is 5.22. The Hall–Kier alpha value is -1.55. The smallest absolute Gasteiger partial charge is 0.257 e. The number of likely N-dealkylation sites (tertiary alicyclic amines) is 1. The molecule has 1 aromatic rings. The van der Waals surface area contributed by atoms with Gasteiger partial charge in [-0.2, -0.15) is 0 Å². The Bertz CT molecular complexity index is 437. The van der Waals surface area contributed by atoms with E-state index in [9.17, 15) is 9.90 Å². The summed E-state index contributed by atoms with van der Waals surface area (Å²) in [5, 5.41) is 19.0. The van der Waals surface area contributed by atoms with E-state index < -0.39 is 0 Å². The van der Waals surface area contributed by atoms with Gasteiger partial charge in [0.1, 0.15) is 5.75 Å². The van der Waals surface area contributed by atoms with Crippen LogP contribution in [0.1, 0.15) is 28.8 Å². The lowest BCUT2D eigenvalue weighted by molar-refractivity contribution is 0.0648. The van der Waals surface area contributed by atoms with Gasteiger partial charge < -0.3 is 15.1 Å². The van der Waals surface area contributed by atoms with Crippen molar-refractivity contribution in [2.75, 3.05) is 19.7 Å². The topological polar surface area (TPSA) is 60.8 Å². The lowest BCUT2D eigenvalue weighted by atomic mass is 9.97. The Morgan fingerprint density at radius 1 is 1.39 bits per heavy atom. The van der Waals surface area contributed by atoms with Crippen molar-refractivity contribution in [3.05, 3.63) is 29.3 Å². The minimum Gasteiger partial charge on any atom is -0.507 e. The van der Waals surface area contributed by atoms with Crippen LogP contribution < -0.4 is 0 Å². The molecule has 1 heterocycles. The highest BCUT2D eigenvalue weighted by molar-refractivity contribution is 5.97. The number of aliphatic hydroxyl groups is 1. The number of amides is 1. The van der Waals surface area contributed by atoms with Gasteiger partial charge in [-0.3, -0.25) is 4.79 Å². The third kappa shape index (κ3) is 2.48. The molecule has 4 nitrogen and oxygen atoms in total. The molecule has 0 atom stereocenters. The number of aliphatic hydroxyl groups excluding tert-OH is 1. The lowest BCUT2D eigenvalue weighted by Crippen LogP contribution is -2.39. The summed E-state index contributed by atoms with van der Waals surface area (Å²) in [4.78, 5) is 14.0. The molecular formula is C14H19NO3. The van der Waals surface area contributed by atoms with Gasteiger partial charge in [0.15, 0.2) is 0 Å². The molecule has 2 N–H and O–H groups in total. The zero-order valence-electron chi connectivity index (χ0n) is 10.6. The van der Waals surface area contributed by atoms with Gasteiger partial charge in [0, 0.05) is 19.7 Å². The highest BCUT2D eigenvalue weighted by Crippen LogP contribution is 2.25. The predicted molar refractivity (Wildman–Crippen MR) is 68.6 cm³/mol. The van der Waals surface area contributed by atoms with E-state index in [0.717, 1.165) is 12.8 Å². The quantitative estimate of drug-likeness (QED) is 0.836. The number of nitrogens with zero attached hydrogens (tertiary/aromatic N) is 1. The number of para-hydroxylation sites is 1. The molecule has 0 bridgehead atoms. The van der Waals surface area contributed by atoms with E-state index in [1.807, 2.05) is 0 Å². The number of aromatic hydroxyl groups is 1. The normalized spacial score (nSPS) is 16.9. The van der Waals surface area contributed by atoms with E-state index >= 15 is 0 Å². The van der Waals surface area contributed by atoms with E-state index in [-0.39, 0.29) is 18.3 Å². The van der Waals surface area contributed by atoms with E-state index in [4.69, 9.17) is 5.11 Å². The number of carbonyl (C=O) groups excluding carboxylic acids is 1. The van der Waals surface area contributed by atoms with E-state index in [1.54, 1.807) is 30.0 Å². The number of carbonyl (C=O) groups is 1. The number of piperidine rings is 1. The molecular weight excluding hydrogens is 230 g/mol. The summed E-state index contributed by atoms with van der Waals surface area (Å²) >= 11 is 0. The van der Waals surface area contributed by atoms with Crippen molar-refractivity contribution >= 4 is 5.91 Å². The highest BCUT2D eigenvalue weighted by atomic mass is 16.3. The van der Waals surface area contributed by atoms with Crippen LogP contribution in [-0.4, -0.2) is 40.7 Å². The maximum atomic E-state index is 12.3. The van der Waals surface area contributed by atoms with Crippen LogP contribution in [0.15, 0.2) is 18.2 Å². The highest BCUT2D eigenvalue weighted by Gasteiger charge is 2.24. The van der Waals surface area contributed by atoms with Crippen molar-refractivity contribution in [3.63, 3.8) is 0 Å². The molecule has 1 aromatic carbocycles. The largest absolute Gasteiger partial charge is 0.507 e. The Morgan fingerprint density at radius 2 is 2.06 bits per heavy atom. The Labute approximate surface area is 107 Å². The van der Waals surface area contributed by atoms with Crippen molar-refractivity contribution in [2.24, 2.45) is 5.92 Å². The van der Waals surface area contributed by atoms with Crippen molar-refractivity contribution in [2.45, 2.75) is 19.8 Å². The average Bonchev–Trinajstić information content (AvgIpc) is 2.41. The molecule has 18 heavy (non-hydrogen) atoms. The molecule has 0 aliphatic carbocycles. The molecule has 0 aromatic heterocycles. The molecule has 1 saturated heterocycles. The van der Waals surface area contributed by atoms with Gasteiger partial charge in [0.2, 0.25) is 0 Å². The number of aryl methyl sites for hydroxylation is 1. The lowest BCUT2D eigenvalue weighted by Gasteiger charge is -2.31. The fourth-order valence-corrected chi connectivity index (χ4v) is 2.32. The summed E-state index contributed by atoms with van der Waals surface area (Å²) in [5.41, 5.74) is 1.09. The summed E-state index contributed by atoms with van der Waals surface area (Å²) in [6.07, 6.45) is 1.66. The van der Waals surface area contributed by atoms with Gasteiger partial charge in [0.25, 0.3) is 5.91 Å². The van der Waals surface area contributed by atoms with Crippen LogP contribution in [0.5, 0.6) is 5.75 Å². The van der Waals surface area contributed by atoms with Crippen LogP contribution in [0.25, 0.3) is 0 Å². The zero-order chi connectivity index (χ0) is 13.1. The number of phenols is 1. The first-order valence-corrected chi connectivity index (χ1v) is 6.32. The third-order valence-electron chi connectivity index (χ3n) is 3.63. The zero-order valence-corrected chi connectivity index (χ0v) is 10.6. The average molecular weight is 249 g/mol. The molecule has 1 aliphatic heterocycles. The van der Waals surface area contributed by atoms with Crippen LogP contribution in [0.3, 0.4) is 0 Å². The van der Waals surface area contributed by atoms with Crippen LogP contribution in [0.2, 0.25) is 0 Å². The van der Waals surface area contributed by atoms with Crippen molar-refractivity contribution in [3.8, 4) is 5.75 Å². The molecule has 0 unspecified atom stereocenters. The van der Waals surface area contributed by atoms with Gasteiger partial charge in [-0.05, 0) is 37.3 Å². The van der Waals surface area contributed by atoms with E-state index in [2.05, 4.69) is 0 Å². The summed E-state index contributed by atoms with van der Waals surface area (Å²) < 4.78 is 0. The molecule has 98 valence electrons. The Balaban J connectivity index is 2.10. The molecule has 0 saturated carbocycles. The summed E-state index contributed by atoms with van der Waals surface area (Å²) in [7, 11) is 0. The third-order valence-corrected chi connectivity index (χ3v) is 3.63. The van der Waals surface area contributed by atoms with Crippen molar-refractivity contribution < 1.29 is 15.0 Å². The molecule has 0 radical (unpaired) electrons. The van der Waals surface area contributed by atoms with E-state index in [0.29, 0.717) is 30.1 Å². The second-order valence-electron chi connectivity index (χ2n) is 4.89. The second kappa shape index (κ2) is 5.40. The first kappa shape index (κ1) is 12.9. The fourth-order valence-electron chi connectivity index (χ4n) is 2.32.